The number of nitrogens with zero attached hydrogens (tertiary/aromatic N) is 2. The molecular formula is C32H50F2N2O. The predicted octanol–water partition coefficient (Wildman–Crippen LogP) is 10.0. The first-order chi connectivity index (χ1) is 18.1. The number of hydrogen-bond donors (Lipinski definition) is 0. The molecule has 0 bridgehead atoms. The van der Waals surface area contributed by atoms with Gasteiger partial charge in [-0.3, -0.25) is 0 Å². The Kier molecular flexibility index (Phi) is 16.8. The third-order valence-electron chi connectivity index (χ3n) is 6.97. The van der Waals surface area contributed by atoms with Crippen molar-refractivity contribution in [2.45, 2.75) is 135 Å². The molecule has 1 aromatic carbocycles. The number of halogens is 2. The number of benzene rings is 1. The maximum atomic E-state index is 14.0. The lowest BCUT2D eigenvalue weighted by atomic mass is 10.0. The summed E-state index contributed by atoms with van der Waals surface area (Å²) in [7, 11) is 0. The molecule has 0 aliphatic rings. The second-order valence-electron chi connectivity index (χ2n) is 10.4. The van der Waals surface area contributed by atoms with Gasteiger partial charge in [0.2, 0.25) is 0 Å². The highest BCUT2D eigenvalue weighted by atomic mass is 19.1. The summed E-state index contributed by atoms with van der Waals surface area (Å²) < 4.78 is 33.5. The number of alkyl halides is 2. The van der Waals surface area contributed by atoms with Crippen molar-refractivity contribution < 1.29 is 13.5 Å². The van der Waals surface area contributed by atoms with Crippen LogP contribution in [0.4, 0.5) is 8.78 Å². The summed E-state index contributed by atoms with van der Waals surface area (Å²) in [6.45, 7) is 4.59. The minimum atomic E-state index is -1.16. The van der Waals surface area contributed by atoms with E-state index in [0.29, 0.717) is 18.0 Å². The highest BCUT2D eigenvalue weighted by Crippen LogP contribution is 2.21. The van der Waals surface area contributed by atoms with Gasteiger partial charge in [-0.05, 0) is 49.1 Å². The van der Waals surface area contributed by atoms with Crippen LogP contribution >= 0.6 is 0 Å². The highest BCUT2D eigenvalue weighted by molar-refractivity contribution is 5.55. The Balaban J connectivity index is 1.60. The molecule has 0 spiro atoms. The fraction of sp³-hybridized carbons (Fsp3) is 0.688. The average molecular weight is 517 g/mol. The van der Waals surface area contributed by atoms with Crippen LogP contribution in [0.1, 0.15) is 122 Å². The van der Waals surface area contributed by atoms with E-state index in [1.807, 2.05) is 36.7 Å². The third kappa shape index (κ3) is 14.5. The SMILES string of the molecule is CCCCCCCCCCCCc1cnc(-c2ccc(OCCC(F)CC(F)CCCCC)cc2)nc1. The van der Waals surface area contributed by atoms with Gasteiger partial charge in [-0.2, -0.15) is 0 Å². The summed E-state index contributed by atoms with van der Waals surface area (Å²) in [5.41, 5.74) is 2.11. The highest BCUT2D eigenvalue weighted by Gasteiger charge is 2.15. The van der Waals surface area contributed by atoms with E-state index in [-0.39, 0.29) is 19.4 Å². The van der Waals surface area contributed by atoms with E-state index in [4.69, 9.17) is 4.74 Å². The van der Waals surface area contributed by atoms with Crippen molar-refractivity contribution in [1.82, 2.24) is 9.97 Å². The number of rotatable bonds is 22. The van der Waals surface area contributed by atoms with E-state index in [0.717, 1.165) is 31.2 Å². The van der Waals surface area contributed by atoms with E-state index in [2.05, 4.69) is 23.8 Å². The summed E-state index contributed by atoms with van der Waals surface area (Å²) in [4.78, 5) is 9.09. The lowest BCUT2D eigenvalue weighted by Gasteiger charge is -2.13. The number of hydrogen-bond acceptors (Lipinski definition) is 3. The molecule has 0 aliphatic heterocycles. The van der Waals surface area contributed by atoms with Gasteiger partial charge in [-0.1, -0.05) is 90.9 Å². The third-order valence-corrected chi connectivity index (χ3v) is 6.97. The summed E-state index contributed by atoms with van der Waals surface area (Å²) in [6, 6.07) is 7.55. The fourth-order valence-electron chi connectivity index (χ4n) is 4.58. The molecule has 0 fully saturated rings. The maximum Gasteiger partial charge on any atom is 0.159 e. The van der Waals surface area contributed by atoms with Crippen molar-refractivity contribution >= 4 is 0 Å². The summed E-state index contributed by atoms with van der Waals surface area (Å²) >= 11 is 0. The van der Waals surface area contributed by atoms with Crippen molar-refractivity contribution in [3.63, 3.8) is 0 Å². The van der Waals surface area contributed by atoms with Gasteiger partial charge in [0.05, 0.1) is 6.61 Å². The van der Waals surface area contributed by atoms with Crippen molar-refractivity contribution in [3.05, 3.63) is 42.2 Å². The largest absolute Gasteiger partial charge is 0.493 e. The van der Waals surface area contributed by atoms with Crippen molar-refractivity contribution in [3.8, 4) is 17.1 Å². The first-order valence-electron chi connectivity index (χ1n) is 14.9. The molecule has 3 nitrogen and oxygen atoms in total. The lowest BCUT2D eigenvalue weighted by Crippen LogP contribution is -2.14. The standard InChI is InChI=1S/C32H50F2N2O/c1-3-5-7-8-9-10-11-12-13-15-16-27-25-35-32(36-26-27)28-18-20-31(21-19-28)37-23-22-30(34)24-29(33)17-14-6-4-2/h18-21,25-26,29-30H,3-17,22-24H2,1-2H3. The zero-order valence-corrected chi connectivity index (χ0v) is 23.4. The van der Waals surface area contributed by atoms with Crippen LogP contribution in [0, 0.1) is 0 Å². The molecule has 0 saturated heterocycles. The Morgan fingerprint density at radius 3 is 1.84 bits per heavy atom. The van der Waals surface area contributed by atoms with E-state index < -0.39 is 12.3 Å². The van der Waals surface area contributed by atoms with Gasteiger partial charge >= 0.3 is 0 Å². The monoisotopic (exact) mass is 516 g/mol. The molecule has 37 heavy (non-hydrogen) atoms. The quantitative estimate of drug-likeness (QED) is 0.146. The first-order valence-corrected chi connectivity index (χ1v) is 14.9. The van der Waals surface area contributed by atoms with Gasteiger partial charge in [0.1, 0.15) is 18.1 Å². The van der Waals surface area contributed by atoms with Crippen LogP contribution in [0.25, 0.3) is 11.4 Å². The number of aryl methyl sites for hydroxylation is 1. The molecule has 2 unspecified atom stereocenters. The molecule has 2 rings (SSSR count). The minimum Gasteiger partial charge on any atom is -0.493 e. The van der Waals surface area contributed by atoms with Gasteiger partial charge in [0.25, 0.3) is 0 Å². The average Bonchev–Trinajstić information content (AvgIpc) is 2.91. The molecule has 0 aliphatic carbocycles. The second kappa shape index (κ2) is 20.0. The molecule has 1 aromatic heterocycles. The maximum absolute atomic E-state index is 14.0. The molecule has 0 radical (unpaired) electrons. The van der Waals surface area contributed by atoms with Gasteiger partial charge in [-0.15, -0.1) is 0 Å². The molecule has 2 atom stereocenters. The van der Waals surface area contributed by atoms with Gasteiger partial charge in [-0.25, -0.2) is 18.7 Å². The molecule has 0 N–H and O–H groups in total. The van der Waals surface area contributed by atoms with Gasteiger partial charge in [0.15, 0.2) is 5.82 Å². The molecule has 2 aromatic rings. The Morgan fingerprint density at radius 2 is 1.22 bits per heavy atom. The number of aromatic nitrogens is 2. The molecular weight excluding hydrogens is 466 g/mol. The zero-order chi connectivity index (χ0) is 26.6. The summed E-state index contributed by atoms with van der Waals surface area (Å²) in [5, 5.41) is 0. The van der Waals surface area contributed by atoms with Crippen molar-refractivity contribution in [2.24, 2.45) is 0 Å². The summed E-state index contributed by atoms with van der Waals surface area (Å²) in [6.07, 6.45) is 19.6. The minimum absolute atomic E-state index is 0.0292. The smallest absolute Gasteiger partial charge is 0.159 e. The number of ether oxygens (including phenoxy) is 1. The van der Waals surface area contributed by atoms with E-state index in [1.54, 1.807) is 0 Å². The van der Waals surface area contributed by atoms with Crippen molar-refractivity contribution in [1.29, 1.82) is 0 Å². The van der Waals surface area contributed by atoms with E-state index in [9.17, 15) is 8.78 Å². The second-order valence-corrected chi connectivity index (χ2v) is 10.4. The topological polar surface area (TPSA) is 35.0 Å². The molecule has 1 heterocycles. The van der Waals surface area contributed by atoms with Crippen LogP contribution in [0.2, 0.25) is 0 Å². The van der Waals surface area contributed by atoms with Crippen LogP contribution < -0.4 is 4.74 Å². The zero-order valence-electron chi connectivity index (χ0n) is 23.4. The Hall–Kier alpha value is -2.04. The Labute approximate surface area is 224 Å². The van der Waals surface area contributed by atoms with Gasteiger partial charge in [0, 0.05) is 30.8 Å². The molecule has 5 heteroatoms. The van der Waals surface area contributed by atoms with E-state index >= 15 is 0 Å². The lowest BCUT2D eigenvalue weighted by molar-refractivity contribution is 0.175. The van der Waals surface area contributed by atoms with E-state index in [1.165, 1.54) is 69.8 Å². The summed E-state index contributed by atoms with van der Waals surface area (Å²) in [5.74, 6) is 1.37. The van der Waals surface area contributed by atoms with Crippen LogP contribution in [0.5, 0.6) is 5.75 Å². The first kappa shape index (κ1) is 31.2. The molecule has 0 amide bonds. The Bertz CT molecular complexity index is 797. The normalized spacial score (nSPS) is 13.0. The van der Waals surface area contributed by atoms with Crippen molar-refractivity contribution in [2.75, 3.05) is 6.61 Å². The molecule has 208 valence electrons. The van der Waals surface area contributed by atoms with Crippen LogP contribution in [0.15, 0.2) is 36.7 Å². The predicted molar refractivity (Wildman–Crippen MR) is 152 cm³/mol. The molecule has 0 saturated carbocycles. The van der Waals surface area contributed by atoms with Crippen LogP contribution in [-0.2, 0) is 6.42 Å². The Morgan fingerprint density at radius 1 is 0.676 bits per heavy atom. The fourth-order valence-corrected chi connectivity index (χ4v) is 4.58. The van der Waals surface area contributed by atoms with Crippen LogP contribution in [0.3, 0.4) is 0 Å². The van der Waals surface area contributed by atoms with Gasteiger partial charge < -0.3 is 4.74 Å². The number of unbranched alkanes of at least 4 members (excludes halogenated alkanes) is 11. The van der Waals surface area contributed by atoms with Crippen LogP contribution in [-0.4, -0.2) is 28.9 Å².